The van der Waals surface area contributed by atoms with Crippen LogP contribution in [0.1, 0.15) is 52.4 Å². The van der Waals surface area contributed by atoms with Crippen molar-refractivity contribution in [3.05, 3.63) is 68.8 Å². The summed E-state index contributed by atoms with van der Waals surface area (Å²) in [7, 11) is 3.15. The normalized spacial score (nSPS) is 12.9. The van der Waals surface area contributed by atoms with E-state index in [1.54, 1.807) is 20.3 Å². The predicted octanol–water partition coefficient (Wildman–Crippen LogP) is 4.92. The van der Waals surface area contributed by atoms with Gasteiger partial charge in [0.1, 0.15) is 23.7 Å². The summed E-state index contributed by atoms with van der Waals surface area (Å²) < 4.78 is 16.4. The first kappa shape index (κ1) is 23.7. The first-order valence-corrected chi connectivity index (χ1v) is 10.8. The van der Waals surface area contributed by atoms with Crippen LogP contribution in [0.4, 0.5) is 0 Å². The number of methoxy groups -OCH3 is 2. The third-order valence-corrected chi connectivity index (χ3v) is 6.03. The highest BCUT2D eigenvalue weighted by Gasteiger charge is 2.32. The molecule has 0 saturated heterocycles. The van der Waals surface area contributed by atoms with Crippen molar-refractivity contribution in [2.45, 2.75) is 46.3 Å². The highest BCUT2D eigenvalue weighted by molar-refractivity contribution is 6.31. The lowest BCUT2D eigenvalue weighted by molar-refractivity contribution is -0.121. The molecule has 0 atom stereocenters. The minimum atomic E-state index is -0.375. The third kappa shape index (κ3) is 5.07. The third-order valence-electron chi connectivity index (χ3n) is 5.67. The molecule has 3 rings (SSSR count). The molecule has 1 amide bonds. The molecule has 2 aromatic rings. The van der Waals surface area contributed by atoms with Crippen LogP contribution in [0.15, 0.2) is 35.9 Å². The molecule has 0 radical (unpaired) electrons. The number of ether oxygens (including phenoxy) is 3. The molecule has 32 heavy (non-hydrogen) atoms. The molecule has 170 valence electrons. The molecule has 0 aliphatic carbocycles. The number of carbonyl (C=O) groups is 2. The fraction of sp³-hybridized carbons (Fsp3) is 0.360. The standard InChI is InChI=1S/C25H28ClNO5/c1-15(10-12-21(28)27-13-17-7-5-6-8-20(17)26)9-11-18-23(30-3)16(2)19-14-32-25(29)22(19)24(18)31-4/h5-9H,10-14H2,1-4H3,(H,27,28)/b15-9+. The molecule has 1 aliphatic heterocycles. The van der Waals surface area contributed by atoms with Crippen LogP contribution in [-0.2, 0) is 29.1 Å². The lowest BCUT2D eigenvalue weighted by Gasteiger charge is -2.18. The first-order valence-electron chi connectivity index (χ1n) is 10.5. The molecule has 0 spiro atoms. The molecule has 0 saturated carbocycles. The van der Waals surface area contributed by atoms with Gasteiger partial charge >= 0.3 is 5.97 Å². The van der Waals surface area contributed by atoms with Crippen molar-refractivity contribution in [2.75, 3.05) is 14.2 Å². The molecule has 0 fully saturated rings. The van der Waals surface area contributed by atoms with Gasteiger partial charge in [0.25, 0.3) is 0 Å². The van der Waals surface area contributed by atoms with Crippen LogP contribution in [0.2, 0.25) is 5.02 Å². The molecule has 1 N–H and O–H groups in total. The number of carbonyl (C=O) groups excluding carboxylic acids is 2. The van der Waals surface area contributed by atoms with Crippen molar-refractivity contribution in [1.82, 2.24) is 5.32 Å². The van der Waals surface area contributed by atoms with Gasteiger partial charge in [-0.15, -0.1) is 0 Å². The Labute approximate surface area is 193 Å². The monoisotopic (exact) mass is 457 g/mol. The smallest absolute Gasteiger partial charge is 0.342 e. The lowest BCUT2D eigenvalue weighted by atomic mass is 9.94. The number of fused-ring (bicyclic) bond motifs is 1. The molecule has 2 aromatic carbocycles. The molecular formula is C25H28ClNO5. The van der Waals surface area contributed by atoms with Gasteiger partial charge in [0.05, 0.1) is 14.2 Å². The highest BCUT2D eigenvalue weighted by atomic mass is 35.5. The van der Waals surface area contributed by atoms with Gasteiger partial charge in [0.2, 0.25) is 5.91 Å². The van der Waals surface area contributed by atoms with Gasteiger partial charge in [-0.1, -0.05) is 41.4 Å². The predicted molar refractivity (Wildman–Crippen MR) is 123 cm³/mol. The van der Waals surface area contributed by atoms with Crippen molar-refractivity contribution in [3.63, 3.8) is 0 Å². The van der Waals surface area contributed by atoms with Gasteiger partial charge in [-0.05, 0) is 43.9 Å². The Kier molecular flexibility index (Phi) is 7.80. The van der Waals surface area contributed by atoms with Crippen LogP contribution in [0.3, 0.4) is 0 Å². The van der Waals surface area contributed by atoms with Gasteiger partial charge in [-0.25, -0.2) is 4.79 Å². The maximum absolute atomic E-state index is 12.2. The van der Waals surface area contributed by atoms with Gasteiger partial charge < -0.3 is 19.5 Å². The average Bonchev–Trinajstić information content (AvgIpc) is 3.17. The summed E-state index contributed by atoms with van der Waals surface area (Å²) in [6.45, 7) is 4.53. The van der Waals surface area contributed by atoms with E-state index in [2.05, 4.69) is 5.32 Å². The van der Waals surface area contributed by atoms with Gasteiger partial charge in [0.15, 0.2) is 0 Å². The minimum absolute atomic E-state index is 0.0380. The Hall–Kier alpha value is -2.99. The summed E-state index contributed by atoms with van der Waals surface area (Å²) in [5, 5.41) is 3.54. The van der Waals surface area contributed by atoms with Crippen LogP contribution in [-0.4, -0.2) is 26.1 Å². The maximum atomic E-state index is 12.2. The second-order valence-corrected chi connectivity index (χ2v) is 8.13. The van der Waals surface area contributed by atoms with Gasteiger partial charge in [-0.3, -0.25) is 4.79 Å². The molecule has 6 nitrogen and oxygen atoms in total. The summed E-state index contributed by atoms with van der Waals surface area (Å²) in [6, 6.07) is 7.45. The summed E-state index contributed by atoms with van der Waals surface area (Å²) in [6.07, 6.45) is 3.54. The Morgan fingerprint density at radius 3 is 2.59 bits per heavy atom. The Bertz CT molecular complexity index is 1060. The van der Waals surface area contributed by atoms with Crippen molar-refractivity contribution in [3.8, 4) is 11.5 Å². The fourth-order valence-electron chi connectivity index (χ4n) is 3.85. The van der Waals surface area contributed by atoms with Crippen LogP contribution in [0.5, 0.6) is 11.5 Å². The first-order chi connectivity index (χ1) is 15.4. The number of benzene rings is 2. The van der Waals surface area contributed by atoms with Crippen molar-refractivity contribution >= 4 is 23.5 Å². The zero-order valence-electron chi connectivity index (χ0n) is 18.8. The van der Waals surface area contributed by atoms with E-state index in [0.29, 0.717) is 47.9 Å². The average molecular weight is 458 g/mol. The number of hydrogen-bond acceptors (Lipinski definition) is 5. The Balaban J connectivity index is 1.66. The molecule has 1 aliphatic rings. The van der Waals surface area contributed by atoms with E-state index in [9.17, 15) is 9.59 Å². The number of amides is 1. The highest BCUT2D eigenvalue weighted by Crippen LogP contribution is 2.42. The van der Waals surface area contributed by atoms with Gasteiger partial charge in [0, 0.05) is 29.1 Å². The number of rotatable bonds is 9. The summed E-state index contributed by atoms with van der Waals surface area (Å²) in [4.78, 5) is 24.5. The Morgan fingerprint density at radius 1 is 1.19 bits per heavy atom. The van der Waals surface area contributed by atoms with E-state index in [4.69, 9.17) is 25.8 Å². The van der Waals surface area contributed by atoms with E-state index in [1.807, 2.05) is 38.1 Å². The number of nitrogens with one attached hydrogen (secondary N) is 1. The molecule has 0 bridgehead atoms. The largest absolute Gasteiger partial charge is 0.496 e. The second-order valence-electron chi connectivity index (χ2n) is 7.72. The summed E-state index contributed by atoms with van der Waals surface area (Å²) >= 11 is 6.13. The van der Waals surface area contributed by atoms with Gasteiger partial charge in [-0.2, -0.15) is 0 Å². The van der Waals surface area contributed by atoms with Crippen LogP contribution in [0.25, 0.3) is 0 Å². The van der Waals surface area contributed by atoms with Crippen LogP contribution in [0, 0.1) is 6.92 Å². The van der Waals surface area contributed by atoms with E-state index in [-0.39, 0.29) is 18.5 Å². The van der Waals surface area contributed by atoms with E-state index in [1.165, 1.54) is 0 Å². The molecule has 0 unspecified atom stereocenters. The summed E-state index contributed by atoms with van der Waals surface area (Å²) in [5.74, 6) is 0.774. The van der Waals surface area contributed by atoms with E-state index >= 15 is 0 Å². The van der Waals surface area contributed by atoms with E-state index < -0.39 is 0 Å². The Morgan fingerprint density at radius 2 is 1.91 bits per heavy atom. The number of esters is 1. The van der Waals surface area contributed by atoms with Crippen LogP contribution < -0.4 is 14.8 Å². The second kappa shape index (κ2) is 10.6. The van der Waals surface area contributed by atoms with Crippen molar-refractivity contribution in [2.24, 2.45) is 0 Å². The van der Waals surface area contributed by atoms with Crippen molar-refractivity contribution in [1.29, 1.82) is 0 Å². The fourth-order valence-corrected chi connectivity index (χ4v) is 4.05. The summed E-state index contributed by atoms with van der Waals surface area (Å²) in [5.41, 5.74) is 4.91. The number of allylic oxidation sites excluding steroid dienone is 2. The minimum Gasteiger partial charge on any atom is -0.496 e. The quantitative estimate of drug-likeness (QED) is 0.427. The van der Waals surface area contributed by atoms with E-state index in [0.717, 1.165) is 27.8 Å². The lowest BCUT2D eigenvalue weighted by Crippen LogP contribution is -2.22. The topological polar surface area (TPSA) is 73.9 Å². The SMILES string of the molecule is COc1c(C)c2c(c(OC)c1C/C=C(\C)CCC(=O)NCc1ccccc1Cl)C(=O)OC2. The number of halogens is 1. The molecular weight excluding hydrogens is 430 g/mol. The van der Waals surface area contributed by atoms with Crippen molar-refractivity contribution < 1.29 is 23.8 Å². The zero-order valence-corrected chi connectivity index (χ0v) is 19.6. The molecule has 0 aromatic heterocycles. The van der Waals surface area contributed by atoms with Crippen LogP contribution >= 0.6 is 11.6 Å². The number of hydrogen-bond donors (Lipinski definition) is 1. The molecule has 1 heterocycles. The maximum Gasteiger partial charge on any atom is 0.342 e. The number of cyclic esters (lactones) is 1. The zero-order chi connectivity index (χ0) is 23.3. The molecule has 7 heteroatoms.